The number of aromatic nitrogens is 3. The number of rotatable bonds is 6. The molecule has 1 fully saturated rings. The molecule has 2 aromatic rings. The number of ether oxygens (including phenoxy) is 1. The third-order valence-corrected chi connectivity index (χ3v) is 3.57. The fourth-order valence-electron chi connectivity index (χ4n) is 2.33. The smallest absolute Gasteiger partial charge is 0.270 e. The summed E-state index contributed by atoms with van der Waals surface area (Å²) in [4.78, 5) is 22.7. The van der Waals surface area contributed by atoms with E-state index in [0.29, 0.717) is 29.8 Å². The van der Waals surface area contributed by atoms with E-state index in [1.807, 2.05) is 0 Å². The Bertz CT molecular complexity index is 683. The average Bonchev–Trinajstić information content (AvgIpc) is 3.01. The number of hydrogen-bond donors (Lipinski definition) is 2. The molecule has 3 rings (SSSR count). The van der Waals surface area contributed by atoms with Gasteiger partial charge in [0.2, 0.25) is 5.95 Å². The molecule has 0 atom stereocenters. The largest absolute Gasteiger partial charge is 0.379 e. The molecule has 1 aliphatic heterocycles. The van der Waals surface area contributed by atoms with Crippen molar-refractivity contribution in [2.75, 3.05) is 44.7 Å². The number of hydrogen-bond acceptors (Lipinski definition) is 8. The van der Waals surface area contributed by atoms with Gasteiger partial charge in [0.1, 0.15) is 11.5 Å². The van der Waals surface area contributed by atoms with Gasteiger partial charge in [0.05, 0.1) is 13.2 Å². The highest BCUT2D eigenvalue weighted by molar-refractivity contribution is 5.92. The van der Waals surface area contributed by atoms with Crippen LogP contribution in [0.1, 0.15) is 16.2 Å². The van der Waals surface area contributed by atoms with Gasteiger partial charge in [0, 0.05) is 38.4 Å². The highest BCUT2D eigenvalue weighted by Crippen LogP contribution is 2.12. The first kappa shape index (κ1) is 16.3. The summed E-state index contributed by atoms with van der Waals surface area (Å²) in [7, 11) is 0. The van der Waals surface area contributed by atoms with Crippen LogP contribution in [0.4, 0.5) is 11.8 Å². The predicted molar refractivity (Wildman–Crippen MR) is 86.1 cm³/mol. The molecular weight excluding hydrogens is 312 g/mol. The maximum atomic E-state index is 12.2. The molecule has 2 aromatic heterocycles. The molecule has 2 N–H and O–H groups in total. The lowest BCUT2D eigenvalue weighted by atomic mass is 10.3. The first-order valence-electron chi connectivity index (χ1n) is 7.82. The first-order chi connectivity index (χ1) is 11.7. The molecule has 0 aromatic carbocycles. The second-order valence-corrected chi connectivity index (χ2v) is 5.42. The van der Waals surface area contributed by atoms with Crippen LogP contribution >= 0.6 is 0 Å². The van der Waals surface area contributed by atoms with Crippen LogP contribution in [0.25, 0.3) is 0 Å². The molecule has 0 spiro atoms. The van der Waals surface area contributed by atoms with E-state index in [2.05, 4.69) is 30.7 Å². The number of aryl methyl sites for hydroxylation is 1. The summed E-state index contributed by atoms with van der Waals surface area (Å²) >= 11 is 0. The van der Waals surface area contributed by atoms with Gasteiger partial charge in [-0.1, -0.05) is 5.16 Å². The second kappa shape index (κ2) is 7.84. The summed E-state index contributed by atoms with van der Waals surface area (Å²) in [6.07, 6.45) is 1.53. The van der Waals surface area contributed by atoms with E-state index in [9.17, 15) is 4.79 Å². The Labute approximate surface area is 139 Å². The molecule has 9 heteroatoms. The molecule has 0 saturated carbocycles. The van der Waals surface area contributed by atoms with Crippen molar-refractivity contribution in [1.82, 2.24) is 25.3 Å². The quantitative estimate of drug-likeness (QED) is 0.791. The minimum absolute atomic E-state index is 0.231. The van der Waals surface area contributed by atoms with Crippen molar-refractivity contribution in [1.29, 1.82) is 0 Å². The van der Waals surface area contributed by atoms with Gasteiger partial charge in [-0.3, -0.25) is 9.69 Å². The molecule has 0 unspecified atom stereocenters. The Morgan fingerprint density at radius 3 is 2.96 bits per heavy atom. The van der Waals surface area contributed by atoms with Gasteiger partial charge < -0.3 is 19.9 Å². The van der Waals surface area contributed by atoms with Crippen LogP contribution in [0.2, 0.25) is 0 Å². The van der Waals surface area contributed by atoms with Crippen molar-refractivity contribution < 1.29 is 14.1 Å². The highest BCUT2D eigenvalue weighted by atomic mass is 16.5. The van der Waals surface area contributed by atoms with E-state index in [-0.39, 0.29) is 5.91 Å². The fraction of sp³-hybridized carbons (Fsp3) is 0.467. The Balaban J connectivity index is 1.51. The minimum Gasteiger partial charge on any atom is -0.379 e. The summed E-state index contributed by atoms with van der Waals surface area (Å²) in [5, 5.41) is 9.57. The fourth-order valence-corrected chi connectivity index (χ4v) is 2.33. The number of carbonyl (C=O) groups is 1. The highest BCUT2D eigenvalue weighted by Gasteiger charge is 2.12. The van der Waals surface area contributed by atoms with Crippen LogP contribution in [-0.4, -0.2) is 65.3 Å². The van der Waals surface area contributed by atoms with Gasteiger partial charge in [0.15, 0.2) is 5.82 Å². The molecular formula is C15H20N6O3. The molecule has 1 saturated heterocycles. The van der Waals surface area contributed by atoms with Crippen LogP contribution in [0, 0.1) is 6.92 Å². The lowest BCUT2D eigenvalue weighted by molar-refractivity contribution is 0.0383. The zero-order chi connectivity index (χ0) is 16.8. The maximum absolute atomic E-state index is 12.2. The van der Waals surface area contributed by atoms with Crippen molar-refractivity contribution in [3.8, 4) is 0 Å². The lowest BCUT2D eigenvalue weighted by Gasteiger charge is -2.26. The average molecular weight is 332 g/mol. The van der Waals surface area contributed by atoms with Gasteiger partial charge in [-0.15, -0.1) is 0 Å². The molecule has 0 radical (unpaired) electrons. The van der Waals surface area contributed by atoms with E-state index in [1.165, 1.54) is 6.20 Å². The van der Waals surface area contributed by atoms with Gasteiger partial charge in [-0.25, -0.2) is 9.97 Å². The monoisotopic (exact) mass is 332 g/mol. The SMILES string of the molecule is Cc1cc(Nc2nccc(C(=O)NCCN3CCOCC3)n2)no1. The molecule has 1 aliphatic rings. The van der Waals surface area contributed by atoms with E-state index >= 15 is 0 Å². The van der Waals surface area contributed by atoms with Crippen molar-refractivity contribution in [3.63, 3.8) is 0 Å². The number of morpholine rings is 1. The summed E-state index contributed by atoms with van der Waals surface area (Å²) in [5.41, 5.74) is 0.301. The van der Waals surface area contributed by atoms with Crippen LogP contribution in [0.3, 0.4) is 0 Å². The zero-order valence-electron chi connectivity index (χ0n) is 13.5. The lowest BCUT2D eigenvalue weighted by Crippen LogP contribution is -2.41. The molecule has 0 bridgehead atoms. The normalized spacial score (nSPS) is 15.2. The number of nitrogens with one attached hydrogen (secondary N) is 2. The third kappa shape index (κ3) is 4.49. The Kier molecular flexibility index (Phi) is 5.34. The van der Waals surface area contributed by atoms with Crippen LogP contribution in [0.15, 0.2) is 22.9 Å². The number of amides is 1. The third-order valence-electron chi connectivity index (χ3n) is 3.57. The zero-order valence-corrected chi connectivity index (χ0v) is 13.5. The summed E-state index contributed by atoms with van der Waals surface area (Å²) < 4.78 is 10.3. The standard InChI is InChI=1S/C15H20N6O3/c1-11-10-13(20-24-11)19-15-17-3-2-12(18-15)14(22)16-4-5-21-6-8-23-9-7-21/h2-3,10H,4-9H2,1H3,(H,16,22)(H,17,18,19,20). The number of anilines is 2. The van der Waals surface area contributed by atoms with Gasteiger partial charge in [-0.2, -0.15) is 0 Å². The summed E-state index contributed by atoms with van der Waals surface area (Å²) in [6, 6.07) is 3.29. The predicted octanol–water partition coefficient (Wildman–Crippen LogP) is 0.579. The van der Waals surface area contributed by atoms with Gasteiger partial charge >= 0.3 is 0 Å². The van der Waals surface area contributed by atoms with Gasteiger partial charge in [-0.05, 0) is 13.0 Å². The van der Waals surface area contributed by atoms with Crippen molar-refractivity contribution in [2.24, 2.45) is 0 Å². The first-order valence-corrected chi connectivity index (χ1v) is 7.82. The van der Waals surface area contributed by atoms with E-state index < -0.39 is 0 Å². The minimum atomic E-state index is -0.231. The van der Waals surface area contributed by atoms with Crippen molar-refractivity contribution >= 4 is 17.7 Å². The van der Waals surface area contributed by atoms with Crippen LogP contribution in [-0.2, 0) is 4.74 Å². The Morgan fingerprint density at radius 2 is 2.21 bits per heavy atom. The van der Waals surface area contributed by atoms with Gasteiger partial charge in [0.25, 0.3) is 5.91 Å². The van der Waals surface area contributed by atoms with E-state index in [4.69, 9.17) is 9.26 Å². The van der Waals surface area contributed by atoms with Crippen molar-refractivity contribution in [3.05, 3.63) is 29.8 Å². The topological polar surface area (TPSA) is 105 Å². The molecule has 1 amide bonds. The molecule has 0 aliphatic carbocycles. The molecule has 3 heterocycles. The molecule has 24 heavy (non-hydrogen) atoms. The van der Waals surface area contributed by atoms with Crippen LogP contribution in [0.5, 0.6) is 0 Å². The Morgan fingerprint density at radius 1 is 1.38 bits per heavy atom. The van der Waals surface area contributed by atoms with Crippen molar-refractivity contribution in [2.45, 2.75) is 6.92 Å². The maximum Gasteiger partial charge on any atom is 0.270 e. The van der Waals surface area contributed by atoms with E-state index in [0.717, 1.165) is 32.8 Å². The summed E-state index contributed by atoms with van der Waals surface area (Å²) in [5.74, 6) is 1.24. The number of carbonyl (C=O) groups excluding carboxylic acids is 1. The van der Waals surface area contributed by atoms with Crippen LogP contribution < -0.4 is 10.6 Å². The van der Waals surface area contributed by atoms with E-state index in [1.54, 1.807) is 19.1 Å². The molecule has 9 nitrogen and oxygen atoms in total. The molecule has 128 valence electrons. The number of nitrogens with zero attached hydrogens (tertiary/aromatic N) is 4. The Hall–Kier alpha value is -2.52. The summed E-state index contributed by atoms with van der Waals surface area (Å²) in [6.45, 7) is 6.44. The second-order valence-electron chi connectivity index (χ2n) is 5.42.